The van der Waals surface area contributed by atoms with Gasteiger partial charge in [-0.3, -0.25) is 0 Å². The first-order valence-electron chi connectivity index (χ1n) is 6.11. The first-order valence-corrected chi connectivity index (χ1v) is 6.90. The molecular weight excluding hydrogens is 290 g/mol. The maximum atomic E-state index is 5.61. The van der Waals surface area contributed by atoms with Gasteiger partial charge in [-0.15, -0.1) is 0 Å². The maximum Gasteiger partial charge on any atom is 0.120 e. The van der Waals surface area contributed by atoms with E-state index in [9.17, 15) is 0 Å². The van der Waals surface area contributed by atoms with Gasteiger partial charge in [0.1, 0.15) is 11.5 Å². The molecule has 1 N–H and O–H groups in total. The molecule has 2 rings (SSSR count). The highest BCUT2D eigenvalue weighted by molar-refractivity contribution is 9.10. The van der Waals surface area contributed by atoms with Gasteiger partial charge in [-0.2, -0.15) is 0 Å². The third kappa shape index (κ3) is 3.24. The third-order valence-corrected chi connectivity index (χ3v) is 3.91. The summed E-state index contributed by atoms with van der Waals surface area (Å²) in [5.41, 5.74) is 2.54. The van der Waals surface area contributed by atoms with Crippen molar-refractivity contribution in [2.24, 2.45) is 0 Å². The van der Waals surface area contributed by atoms with Crippen molar-refractivity contribution in [3.05, 3.63) is 57.5 Å². The molecule has 0 spiro atoms. The molecule has 0 saturated heterocycles. The van der Waals surface area contributed by atoms with Crippen molar-refractivity contribution in [2.75, 3.05) is 0 Å². The van der Waals surface area contributed by atoms with E-state index in [1.54, 1.807) is 0 Å². The smallest absolute Gasteiger partial charge is 0.120 e. The second-order valence-corrected chi connectivity index (χ2v) is 5.49. The molecule has 1 heterocycles. The van der Waals surface area contributed by atoms with Crippen LogP contribution in [0, 0.1) is 13.8 Å². The van der Waals surface area contributed by atoms with Crippen LogP contribution in [0.1, 0.15) is 35.6 Å². The number of aryl methyl sites for hydroxylation is 2. The molecule has 0 aliphatic carbocycles. The van der Waals surface area contributed by atoms with Crippen LogP contribution in [-0.4, -0.2) is 0 Å². The van der Waals surface area contributed by atoms with Gasteiger partial charge in [-0.1, -0.05) is 28.1 Å². The zero-order valence-corrected chi connectivity index (χ0v) is 12.5. The van der Waals surface area contributed by atoms with Crippen LogP contribution in [0.25, 0.3) is 0 Å². The SMILES string of the molecule is Cc1ccc(C(C)NCc2ccc(Br)c(C)c2)o1. The number of nitrogens with one attached hydrogen (secondary N) is 1. The molecule has 0 fully saturated rings. The second kappa shape index (κ2) is 5.72. The van der Waals surface area contributed by atoms with Crippen molar-refractivity contribution in [1.82, 2.24) is 5.32 Å². The molecule has 18 heavy (non-hydrogen) atoms. The Labute approximate surface area is 117 Å². The summed E-state index contributed by atoms with van der Waals surface area (Å²) in [4.78, 5) is 0. The molecule has 1 aromatic carbocycles. The van der Waals surface area contributed by atoms with E-state index in [4.69, 9.17) is 4.42 Å². The summed E-state index contributed by atoms with van der Waals surface area (Å²) in [6.45, 7) is 7.03. The summed E-state index contributed by atoms with van der Waals surface area (Å²) in [6.07, 6.45) is 0. The van der Waals surface area contributed by atoms with Crippen molar-refractivity contribution in [1.29, 1.82) is 0 Å². The van der Waals surface area contributed by atoms with Gasteiger partial charge < -0.3 is 9.73 Å². The molecule has 0 saturated carbocycles. The summed E-state index contributed by atoms with van der Waals surface area (Å²) in [5.74, 6) is 1.94. The number of hydrogen-bond acceptors (Lipinski definition) is 2. The minimum absolute atomic E-state index is 0.225. The molecule has 0 bridgehead atoms. The van der Waals surface area contributed by atoms with Gasteiger partial charge in [0.25, 0.3) is 0 Å². The van der Waals surface area contributed by atoms with Crippen LogP contribution < -0.4 is 5.32 Å². The zero-order chi connectivity index (χ0) is 13.1. The van der Waals surface area contributed by atoms with Crippen LogP contribution in [-0.2, 0) is 6.54 Å². The molecule has 1 aromatic heterocycles. The van der Waals surface area contributed by atoms with Gasteiger partial charge in [0, 0.05) is 11.0 Å². The molecule has 0 aliphatic heterocycles. The fourth-order valence-electron chi connectivity index (χ4n) is 1.87. The van der Waals surface area contributed by atoms with Gasteiger partial charge in [0.05, 0.1) is 6.04 Å². The summed E-state index contributed by atoms with van der Waals surface area (Å²) < 4.78 is 6.76. The Morgan fingerprint density at radius 2 is 2.00 bits per heavy atom. The lowest BCUT2D eigenvalue weighted by Crippen LogP contribution is -2.17. The molecule has 1 unspecified atom stereocenters. The average molecular weight is 308 g/mol. The quantitative estimate of drug-likeness (QED) is 0.899. The molecule has 0 aliphatic rings. The van der Waals surface area contributed by atoms with Crippen LogP contribution in [0.2, 0.25) is 0 Å². The van der Waals surface area contributed by atoms with Crippen molar-refractivity contribution in [2.45, 2.75) is 33.4 Å². The van der Waals surface area contributed by atoms with Crippen LogP contribution >= 0.6 is 15.9 Å². The summed E-state index contributed by atoms with van der Waals surface area (Å²) in [5, 5.41) is 3.47. The first kappa shape index (κ1) is 13.4. The zero-order valence-electron chi connectivity index (χ0n) is 11.0. The fraction of sp³-hybridized carbons (Fsp3) is 0.333. The number of rotatable bonds is 4. The monoisotopic (exact) mass is 307 g/mol. The molecule has 2 nitrogen and oxygen atoms in total. The van der Waals surface area contributed by atoms with Gasteiger partial charge >= 0.3 is 0 Å². The topological polar surface area (TPSA) is 25.2 Å². The highest BCUT2D eigenvalue weighted by Crippen LogP contribution is 2.19. The minimum atomic E-state index is 0.225. The lowest BCUT2D eigenvalue weighted by Gasteiger charge is -2.12. The lowest BCUT2D eigenvalue weighted by molar-refractivity contribution is 0.416. The number of hydrogen-bond donors (Lipinski definition) is 1. The Balaban J connectivity index is 1.97. The van der Waals surface area contributed by atoms with E-state index in [-0.39, 0.29) is 6.04 Å². The van der Waals surface area contributed by atoms with Crippen LogP contribution in [0.3, 0.4) is 0 Å². The number of benzene rings is 1. The third-order valence-electron chi connectivity index (χ3n) is 3.02. The Morgan fingerprint density at radius 1 is 1.22 bits per heavy atom. The van der Waals surface area contributed by atoms with E-state index in [1.165, 1.54) is 11.1 Å². The van der Waals surface area contributed by atoms with E-state index in [2.05, 4.69) is 53.3 Å². The second-order valence-electron chi connectivity index (χ2n) is 4.63. The Morgan fingerprint density at radius 3 is 2.61 bits per heavy atom. The van der Waals surface area contributed by atoms with Crippen LogP contribution in [0.4, 0.5) is 0 Å². The standard InChI is InChI=1S/C15H18BrNO/c1-10-8-13(5-6-14(10)16)9-17-12(3)15-7-4-11(2)18-15/h4-8,12,17H,9H2,1-3H3. The minimum Gasteiger partial charge on any atom is -0.465 e. The summed E-state index contributed by atoms with van der Waals surface area (Å²) in [7, 11) is 0. The van der Waals surface area contributed by atoms with E-state index >= 15 is 0 Å². The van der Waals surface area contributed by atoms with E-state index in [0.29, 0.717) is 0 Å². The maximum absolute atomic E-state index is 5.61. The Hall–Kier alpha value is -1.06. The van der Waals surface area contributed by atoms with Crippen molar-refractivity contribution in [3.8, 4) is 0 Å². The largest absolute Gasteiger partial charge is 0.465 e. The van der Waals surface area contributed by atoms with Crippen LogP contribution in [0.5, 0.6) is 0 Å². The highest BCUT2D eigenvalue weighted by atomic mass is 79.9. The summed E-state index contributed by atoms with van der Waals surface area (Å²) >= 11 is 3.51. The molecule has 0 radical (unpaired) electrons. The van der Waals surface area contributed by atoms with Gasteiger partial charge in [-0.25, -0.2) is 0 Å². The molecule has 0 amide bonds. The molecule has 96 valence electrons. The fourth-order valence-corrected chi connectivity index (χ4v) is 2.12. The van der Waals surface area contributed by atoms with Crippen molar-refractivity contribution >= 4 is 15.9 Å². The van der Waals surface area contributed by atoms with Crippen molar-refractivity contribution in [3.63, 3.8) is 0 Å². The average Bonchev–Trinajstić information content (AvgIpc) is 2.77. The predicted octanol–water partition coefficient (Wildman–Crippen LogP) is 4.51. The predicted molar refractivity (Wildman–Crippen MR) is 77.6 cm³/mol. The first-order chi connectivity index (χ1) is 8.56. The molecule has 2 aromatic rings. The number of halogens is 1. The number of furan rings is 1. The molecule has 3 heteroatoms. The Kier molecular flexibility index (Phi) is 4.25. The lowest BCUT2D eigenvalue weighted by atomic mass is 10.1. The Bertz CT molecular complexity index is 533. The van der Waals surface area contributed by atoms with Gasteiger partial charge in [-0.05, 0) is 50.1 Å². The van der Waals surface area contributed by atoms with E-state index in [0.717, 1.165) is 22.5 Å². The van der Waals surface area contributed by atoms with Gasteiger partial charge in [0.15, 0.2) is 0 Å². The molecule has 1 atom stereocenters. The van der Waals surface area contributed by atoms with Gasteiger partial charge in [0.2, 0.25) is 0 Å². The van der Waals surface area contributed by atoms with E-state index < -0.39 is 0 Å². The normalized spacial score (nSPS) is 12.7. The van der Waals surface area contributed by atoms with E-state index in [1.807, 2.05) is 19.1 Å². The molecular formula is C15H18BrNO. The summed E-state index contributed by atoms with van der Waals surface area (Å²) in [6, 6.07) is 10.7. The highest BCUT2D eigenvalue weighted by Gasteiger charge is 2.08. The van der Waals surface area contributed by atoms with Crippen molar-refractivity contribution < 1.29 is 4.42 Å². The van der Waals surface area contributed by atoms with Crippen LogP contribution in [0.15, 0.2) is 39.2 Å².